The van der Waals surface area contributed by atoms with E-state index in [1.807, 2.05) is 6.07 Å². The van der Waals surface area contributed by atoms with Gasteiger partial charge in [0.15, 0.2) is 0 Å². The maximum Gasteiger partial charge on any atom is 0.120 e. The number of ether oxygens (including phenoxy) is 1. The Hall–Kier alpha value is -1.02. The standard InChI is InChI=1S/C17H29NO/c1-7-18-17(14(6)12(2)3)15-9-8-10-16(11-15)19-13(4)5/h8-14,17-18H,7H2,1-6H3. The zero-order valence-electron chi connectivity index (χ0n) is 13.2. The fraction of sp³-hybridized carbons (Fsp3) is 0.647. The zero-order chi connectivity index (χ0) is 14.4. The van der Waals surface area contributed by atoms with E-state index >= 15 is 0 Å². The third-order valence-corrected chi connectivity index (χ3v) is 3.59. The lowest BCUT2D eigenvalue weighted by Crippen LogP contribution is -2.29. The molecule has 108 valence electrons. The lowest BCUT2D eigenvalue weighted by molar-refractivity contribution is 0.241. The minimum Gasteiger partial charge on any atom is -0.491 e. The maximum atomic E-state index is 5.80. The van der Waals surface area contributed by atoms with Crippen LogP contribution < -0.4 is 10.1 Å². The van der Waals surface area contributed by atoms with Crippen molar-refractivity contribution in [2.45, 2.75) is 53.7 Å². The Kier molecular flexibility index (Phi) is 6.36. The lowest BCUT2D eigenvalue weighted by Gasteiger charge is -2.28. The molecule has 0 saturated carbocycles. The molecule has 19 heavy (non-hydrogen) atoms. The SMILES string of the molecule is CCNC(c1cccc(OC(C)C)c1)C(C)C(C)C. The number of rotatable bonds is 7. The van der Waals surface area contributed by atoms with Gasteiger partial charge in [-0.3, -0.25) is 0 Å². The molecule has 1 aromatic rings. The van der Waals surface area contributed by atoms with Gasteiger partial charge in [-0.05, 0) is 49.9 Å². The fourth-order valence-electron chi connectivity index (χ4n) is 2.27. The summed E-state index contributed by atoms with van der Waals surface area (Å²) in [5.41, 5.74) is 1.32. The minimum absolute atomic E-state index is 0.218. The predicted octanol–water partition coefficient (Wildman–Crippen LogP) is 4.42. The summed E-state index contributed by atoms with van der Waals surface area (Å²) in [5, 5.41) is 3.60. The molecule has 0 aliphatic heterocycles. The van der Waals surface area contributed by atoms with Crippen LogP contribution in [0, 0.1) is 11.8 Å². The van der Waals surface area contributed by atoms with Gasteiger partial charge in [0.05, 0.1) is 6.10 Å². The van der Waals surface area contributed by atoms with Crippen molar-refractivity contribution in [1.29, 1.82) is 0 Å². The van der Waals surface area contributed by atoms with Crippen molar-refractivity contribution in [3.05, 3.63) is 29.8 Å². The van der Waals surface area contributed by atoms with E-state index in [9.17, 15) is 0 Å². The summed E-state index contributed by atoms with van der Waals surface area (Å²) >= 11 is 0. The molecule has 2 unspecified atom stereocenters. The molecule has 2 nitrogen and oxygen atoms in total. The molecule has 0 saturated heterocycles. The van der Waals surface area contributed by atoms with Gasteiger partial charge < -0.3 is 10.1 Å². The average molecular weight is 263 g/mol. The summed E-state index contributed by atoms with van der Waals surface area (Å²) < 4.78 is 5.80. The molecular formula is C17H29NO. The summed E-state index contributed by atoms with van der Waals surface area (Å²) in [4.78, 5) is 0. The number of hydrogen-bond donors (Lipinski definition) is 1. The Labute approximate surface area is 118 Å². The molecule has 0 aromatic heterocycles. The van der Waals surface area contributed by atoms with Crippen LogP contribution in [0.5, 0.6) is 5.75 Å². The fourth-order valence-corrected chi connectivity index (χ4v) is 2.27. The van der Waals surface area contributed by atoms with Gasteiger partial charge in [-0.2, -0.15) is 0 Å². The molecule has 1 N–H and O–H groups in total. The van der Waals surface area contributed by atoms with E-state index < -0.39 is 0 Å². The van der Waals surface area contributed by atoms with Gasteiger partial charge in [-0.15, -0.1) is 0 Å². The highest BCUT2D eigenvalue weighted by molar-refractivity contribution is 5.31. The number of hydrogen-bond acceptors (Lipinski definition) is 2. The number of benzene rings is 1. The van der Waals surface area contributed by atoms with E-state index in [4.69, 9.17) is 4.74 Å². The van der Waals surface area contributed by atoms with Crippen LogP contribution in [0.4, 0.5) is 0 Å². The highest BCUT2D eigenvalue weighted by atomic mass is 16.5. The molecule has 0 amide bonds. The van der Waals surface area contributed by atoms with Crippen molar-refractivity contribution in [1.82, 2.24) is 5.32 Å². The van der Waals surface area contributed by atoms with Gasteiger partial charge >= 0.3 is 0 Å². The molecule has 0 fully saturated rings. The van der Waals surface area contributed by atoms with E-state index in [0.29, 0.717) is 17.9 Å². The van der Waals surface area contributed by atoms with Gasteiger partial charge in [-0.25, -0.2) is 0 Å². The summed E-state index contributed by atoms with van der Waals surface area (Å²) in [6, 6.07) is 8.88. The Bertz CT molecular complexity index is 373. The van der Waals surface area contributed by atoms with Crippen LogP contribution in [-0.2, 0) is 0 Å². The molecule has 0 spiro atoms. The van der Waals surface area contributed by atoms with E-state index in [-0.39, 0.29) is 6.10 Å². The Morgan fingerprint density at radius 3 is 2.32 bits per heavy atom. The molecule has 2 heteroatoms. The van der Waals surface area contributed by atoms with Gasteiger partial charge in [0, 0.05) is 6.04 Å². The molecule has 0 heterocycles. The van der Waals surface area contributed by atoms with Crippen LogP contribution in [0.25, 0.3) is 0 Å². The van der Waals surface area contributed by atoms with Gasteiger partial charge in [-0.1, -0.05) is 39.8 Å². The first-order valence-corrected chi connectivity index (χ1v) is 7.45. The molecule has 0 aliphatic rings. The van der Waals surface area contributed by atoms with Crippen LogP contribution in [-0.4, -0.2) is 12.6 Å². The van der Waals surface area contributed by atoms with Crippen LogP contribution in [0.2, 0.25) is 0 Å². The Morgan fingerprint density at radius 1 is 1.11 bits per heavy atom. The molecule has 0 aliphatic carbocycles. The van der Waals surface area contributed by atoms with Crippen LogP contribution in [0.15, 0.2) is 24.3 Å². The van der Waals surface area contributed by atoms with Gasteiger partial charge in [0.2, 0.25) is 0 Å². The Balaban J connectivity index is 2.95. The first kappa shape index (κ1) is 16.0. The second kappa shape index (κ2) is 7.54. The third-order valence-electron chi connectivity index (χ3n) is 3.59. The largest absolute Gasteiger partial charge is 0.491 e. The van der Waals surface area contributed by atoms with Crippen molar-refractivity contribution in [3.63, 3.8) is 0 Å². The summed E-state index contributed by atoms with van der Waals surface area (Å²) in [6.45, 7) is 14.1. The third kappa shape index (κ3) is 4.87. The summed E-state index contributed by atoms with van der Waals surface area (Å²) in [6.07, 6.45) is 0.218. The summed E-state index contributed by atoms with van der Waals surface area (Å²) in [5.74, 6) is 2.21. The second-order valence-electron chi connectivity index (χ2n) is 5.88. The number of nitrogens with one attached hydrogen (secondary N) is 1. The quantitative estimate of drug-likeness (QED) is 0.786. The molecular weight excluding hydrogens is 234 g/mol. The molecule has 2 atom stereocenters. The normalized spacial score (nSPS) is 14.7. The Morgan fingerprint density at radius 2 is 1.79 bits per heavy atom. The average Bonchev–Trinajstić information content (AvgIpc) is 2.34. The van der Waals surface area contributed by atoms with Crippen molar-refractivity contribution < 1.29 is 4.74 Å². The van der Waals surface area contributed by atoms with Crippen LogP contribution in [0.3, 0.4) is 0 Å². The van der Waals surface area contributed by atoms with Crippen molar-refractivity contribution in [2.24, 2.45) is 11.8 Å². The topological polar surface area (TPSA) is 21.3 Å². The highest BCUT2D eigenvalue weighted by Crippen LogP contribution is 2.29. The first-order valence-electron chi connectivity index (χ1n) is 7.45. The van der Waals surface area contributed by atoms with E-state index in [2.05, 4.69) is 65.1 Å². The van der Waals surface area contributed by atoms with Crippen molar-refractivity contribution in [2.75, 3.05) is 6.54 Å². The van der Waals surface area contributed by atoms with Crippen LogP contribution in [0.1, 0.15) is 53.1 Å². The molecule has 1 aromatic carbocycles. The van der Waals surface area contributed by atoms with Crippen LogP contribution >= 0.6 is 0 Å². The van der Waals surface area contributed by atoms with E-state index in [0.717, 1.165) is 12.3 Å². The zero-order valence-corrected chi connectivity index (χ0v) is 13.2. The van der Waals surface area contributed by atoms with Crippen molar-refractivity contribution >= 4 is 0 Å². The van der Waals surface area contributed by atoms with E-state index in [1.165, 1.54) is 5.56 Å². The van der Waals surface area contributed by atoms with Crippen molar-refractivity contribution in [3.8, 4) is 5.75 Å². The molecule has 0 radical (unpaired) electrons. The van der Waals surface area contributed by atoms with E-state index in [1.54, 1.807) is 0 Å². The molecule has 1 rings (SSSR count). The highest BCUT2D eigenvalue weighted by Gasteiger charge is 2.21. The molecule has 0 bridgehead atoms. The lowest BCUT2D eigenvalue weighted by atomic mass is 9.86. The smallest absolute Gasteiger partial charge is 0.120 e. The van der Waals surface area contributed by atoms with Gasteiger partial charge in [0.1, 0.15) is 5.75 Å². The monoisotopic (exact) mass is 263 g/mol. The minimum atomic E-state index is 0.218. The maximum absolute atomic E-state index is 5.80. The van der Waals surface area contributed by atoms with Gasteiger partial charge in [0.25, 0.3) is 0 Å². The summed E-state index contributed by atoms with van der Waals surface area (Å²) in [7, 11) is 0. The predicted molar refractivity (Wildman–Crippen MR) is 82.6 cm³/mol. The second-order valence-corrected chi connectivity index (χ2v) is 5.88. The first-order chi connectivity index (χ1) is 8.95.